The number of fused-ring (bicyclic) bond motifs is 2. The number of ether oxygens (including phenoxy) is 5. The first-order valence-electron chi connectivity index (χ1n) is 20.3. The number of hydrogen-bond acceptors (Lipinski definition) is 13. The van der Waals surface area contributed by atoms with Gasteiger partial charge in [-0.2, -0.15) is 0 Å². The molecule has 3 aliphatic heterocycles. The van der Waals surface area contributed by atoms with Crippen LogP contribution < -0.4 is 0 Å². The second kappa shape index (κ2) is 18.0. The van der Waals surface area contributed by atoms with E-state index in [1.165, 1.54) is 14.0 Å². The van der Waals surface area contributed by atoms with Crippen LogP contribution in [-0.2, 0) is 44.6 Å². The fourth-order valence-electron chi connectivity index (χ4n) is 9.13. The molecule has 15 heteroatoms. The summed E-state index contributed by atoms with van der Waals surface area (Å²) in [6.45, 7) is 13.3. The van der Waals surface area contributed by atoms with Gasteiger partial charge in [0.15, 0.2) is 23.3 Å². The van der Waals surface area contributed by atoms with Gasteiger partial charge < -0.3 is 43.2 Å². The molecule has 0 bridgehead atoms. The number of esters is 1. The molecule has 5 heterocycles. The van der Waals surface area contributed by atoms with Crippen LogP contribution in [0, 0.1) is 17.8 Å². The summed E-state index contributed by atoms with van der Waals surface area (Å²) in [5, 5.41) is 11.4. The van der Waals surface area contributed by atoms with E-state index in [4.69, 9.17) is 23.7 Å². The number of ketones is 2. The van der Waals surface area contributed by atoms with Gasteiger partial charge in [-0.15, -0.1) is 0 Å². The van der Waals surface area contributed by atoms with Crippen molar-refractivity contribution in [1.29, 1.82) is 0 Å². The lowest BCUT2D eigenvalue weighted by atomic mass is 9.74. The smallest absolute Gasteiger partial charge is 0.410 e. The number of pyridine rings is 1. The van der Waals surface area contributed by atoms with Gasteiger partial charge in [-0.3, -0.25) is 14.4 Å². The van der Waals surface area contributed by atoms with E-state index in [0.29, 0.717) is 32.4 Å². The fraction of sp³-hybridized carbons (Fsp3) is 0.756. The van der Waals surface area contributed by atoms with Crippen molar-refractivity contribution in [3.63, 3.8) is 0 Å². The average Bonchev–Trinajstić information content (AvgIpc) is 3.73. The second-order valence-electron chi connectivity index (χ2n) is 16.5. The quantitative estimate of drug-likeness (QED) is 0.191. The molecule has 56 heavy (non-hydrogen) atoms. The normalized spacial score (nSPS) is 36.4. The van der Waals surface area contributed by atoms with E-state index in [-0.39, 0.29) is 43.6 Å². The molecule has 0 spiro atoms. The third-order valence-corrected chi connectivity index (χ3v) is 12.7. The Bertz CT molecular complexity index is 1700. The van der Waals surface area contributed by atoms with E-state index in [0.717, 1.165) is 11.2 Å². The van der Waals surface area contributed by atoms with Crippen molar-refractivity contribution in [2.24, 2.45) is 17.8 Å². The maximum absolute atomic E-state index is 14.5. The first-order valence-corrected chi connectivity index (χ1v) is 20.3. The number of hydrogen-bond donors (Lipinski definition) is 1. The largest absolute Gasteiger partial charge is 0.457 e. The predicted molar refractivity (Wildman–Crippen MR) is 206 cm³/mol. The van der Waals surface area contributed by atoms with E-state index in [2.05, 4.69) is 9.97 Å². The number of aliphatic hydroxyl groups excluding tert-OH is 1. The molecule has 1 amide bonds. The van der Waals surface area contributed by atoms with E-state index >= 15 is 0 Å². The molecule has 12 atom stereocenters. The lowest BCUT2D eigenvalue weighted by Crippen LogP contribution is -2.60. The van der Waals surface area contributed by atoms with Crippen molar-refractivity contribution in [2.45, 2.75) is 154 Å². The first kappa shape index (κ1) is 43.6. The van der Waals surface area contributed by atoms with Crippen LogP contribution >= 0.6 is 0 Å². The van der Waals surface area contributed by atoms with E-state index < -0.39 is 77.4 Å². The van der Waals surface area contributed by atoms with Gasteiger partial charge in [-0.1, -0.05) is 27.7 Å². The second-order valence-corrected chi connectivity index (χ2v) is 16.5. The molecule has 0 aliphatic carbocycles. The Morgan fingerprint density at radius 1 is 1.04 bits per heavy atom. The fourth-order valence-corrected chi connectivity index (χ4v) is 9.13. The number of likely N-dealkylation sites (N-methyl/N-ethyl adjacent to an activating group) is 1. The van der Waals surface area contributed by atoms with Crippen LogP contribution in [0.5, 0.6) is 0 Å². The topological polar surface area (TPSA) is 172 Å². The number of carbonyl (C=O) groups is 4. The monoisotopic (exact) mass is 785 g/mol. The minimum absolute atomic E-state index is 0.0300. The predicted octanol–water partition coefficient (Wildman–Crippen LogP) is 4.56. The summed E-state index contributed by atoms with van der Waals surface area (Å²) < 4.78 is 33.2. The van der Waals surface area contributed by atoms with Crippen molar-refractivity contribution in [3.05, 3.63) is 24.7 Å². The van der Waals surface area contributed by atoms with Crippen LogP contribution in [0.2, 0.25) is 0 Å². The van der Waals surface area contributed by atoms with Crippen LogP contribution in [0.1, 0.15) is 93.4 Å². The summed E-state index contributed by atoms with van der Waals surface area (Å²) in [5.74, 6) is -4.23. The van der Waals surface area contributed by atoms with Crippen molar-refractivity contribution in [2.75, 3.05) is 27.7 Å². The number of aryl methyl sites for hydroxylation is 1. The van der Waals surface area contributed by atoms with Crippen molar-refractivity contribution in [1.82, 2.24) is 24.3 Å². The van der Waals surface area contributed by atoms with Crippen molar-refractivity contribution >= 4 is 34.8 Å². The number of nitrogens with zero attached hydrogens (tertiary/aromatic N) is 5. The highest BCUT2D eigenvalue weighted by Gasteiger charge is 2.61. The zero-order valence-electron chi connectivity index (χ0n) is 34.8. The molecule has 1 unspecified atom stereocenters. The lowest BCUT2D eigenvalue weighted by Gasteiger charge is -2.46. The average molecular weight is 786 g/mol. The van der Waals surface area contributed by atoms with Gasteiger partial charge in [0, 0.05) is 50.7 Å². The third-order valence-electron chi connectivity index (χ3n) is 12.7. The van der Waals surface area contributed by atoms with Crippen LogP contribution in [0.4, 0.5) is 4.79 Å². The molecule has 0 saturated carbocycles. The Morgan fingerprint density at radius 2 is 1.75 bits per heavy atom. The number of aliphatic hydroxyl groups is 1. The van der Waals surface area contributed by atoms with Crippen LogP contribution in [-0.4, -0.2) is 135 Å². The molecule has 0 radical (unpaired) electrons. The standard InChI is InChI=1S/C41H63N5O10/c1-11-31-41(12-2)34(46(39(51)56-41)21-14-13-20-45-23-43-28-16-15-19-42-36(28)45)25(4)30(47)17-18-40(7,52-10)35(26(5)32(48)27(6)37(50)54-31)55-38-33(49)29(44(8)9)22-24(3)53-38/h15-16,19,23-27,29,31,33-35,38,49H,11-14,17-18,20-22H2,1-10H3/t24-,25+,26+,27-,29+,31-,33-,34?,35-,38+,40+,41-/m1/s1. The molecule has 0 aromatic carbocycles. The summed E-state index contributed by atoms with van der Waals surface area (Å²) in [4.78, 5) is 69.1. The Labute approximate surface area is 330 Å². The van der Waals surface area contributed by atoms with Crippen molar-refractivity contribution < 1.29 is 48.0 Å². The van der Waals surface area contributed by atoms with Gasteiger partial charge in [0.05, 0.1) is 30.2 Å². The lowest BCUT2D eigenvalue weighted by molar-refractivity contribution is -0.294. The maximum atomic E-state index is 14.5. The van der Waals surface area contributed by atoms with Gasteiger partial charge in [0.25, 0.3) is 0 Å². The molecule has 312 valence electrons. The van der Waals surface area contributed by atoms with Crippen molar-refractivity contribution in [3.8, 4) is 0 Å². The number of carbonyl (C=O) groups excluding carboxylic acids is 4. The highest BCUT2D eigenvalue weighted by Crippen LogP contribution is 2.44. The molecule has 15 nitrogen and oxygen atoms in total. The van der Waals surface area contributed by atoms with E-state index in [1.807, 2.05) is 56.5 Å². The first-order chi connectivity index (χ1) is 26.5. The molecule has 3 fully saturated rings. The minimum Gasteiger partial charge on any atom is -0.457 e. The van der Waals surface area contributed by atoms with Gasteiger partial charge in [0.2, 0.25) is 0 Å². The van der Waals surface area contributed by atoms with E-state index in [1.54, 1.807) is 38.2 Å². The zero-order chi connectivity index (χ0) is 41.1. The Kier molecular flexibility index (Phi) is 14.0. The summed E-state index contributed by atoms with van der Waals surface area (Å²) >= 11 is 0. The van der Waals surface area contributed by atoms with Crippen LogP contribution in [0.25, 0.3) is 11.2 Å². The number of aromatic nitrogens is 3. The molecule has 2 aromatic rings. The van der Waals surface area contributed by atoms with Crippen LogP contribution in [0.15, 0.2) is 24.7 Å². The third kappa shape index (κ3) is 8.52. The molecule has 2 aromatic heterocycles. The van der Waals surface area contributed by atoms with Crippen LogP contribution in [0.3, 0.4) is 0 Å². The zero-order valence-corrected chi connectivity index (χ0v) is 34.8. The number of Topliss-reactive ketones (excluding diaryl/α,β-unsaturated/α-hetero) is 2. The van der Waals surface area contributed by atoms with Gasteiger partial charge >= 0.3 is 12.1 Å². The maximum Gasteiger partial charge on any atom is 0.410 e. The van der Waals surface area contributed by atoms with E-state index in [9.17, 15) is 24.3 Å². The van der Waals surface area contributed by atoms with Gasteiger partial charge in [0.1, 0.15) is 29.4 Å². The minimum atomic E-state index is -1.34. The number of imidazole rings is 1. The SMILES string of the molecule is CC[C@H]1OC(=O)[C@H](C)C(=O)[C@H](C)[C@@H](O[C@@H]2O[C@H](C)C[C@H](N(C)C)[C@H]2O)[C@@](C)(OC)CCC(=O)[C@H](C)C2N(CCCCn3cnc4cccnc43)C(=O)O[C@@]21CC. The summed E-state index contributed by atoms with van der Waals surface area (Å²) in [6.07, 6.45) is 1.15. The Morgan fingerprint density at radius 3 is 2.41 bits per heavy atom. The van der Waals surface area contributed by atoms with Gasteiger partial charge in [-0.25, -0.2) is 14.8 Å². The molecular formula is C41H63N5O10. The molecular weight excluding hydrogens is 722 g/mol. The number of cyclic esters (lactones) is 1. The highest BCUT2D eigenvalue weighted by molar-refractivity contribution is 6.00. The molecule has 1 N–H and O–H groups in total. The molecule has 3 aliphatic rings. The summed E-state index contributed by atoms with van der Waals surface area (Å²) in [5.41, 5.74) is -0.999. The number of unbranched alkanes of at least 4 members (excludes halogenated alkanes) is 1. The Balaban J connectivity index is 1.46. The summed E-state index contributed by atoms with van der Waals surface area (Å²) in [6, 6.07) is 2.71. The molecule has 5 rings (SSSR count). The molecule has 3 saturated heterocycles. The number of rotatable bonds is 11. The van der Waals surface area contributed by atoms with Gasteiger partial charge in [-0.05, 0) is 85.5 Å². The number of amides is 1. The summed E-state index contributed by atoms with van der Waals surface area (Å²) in [7, 11) is 5.24. The highest BCUT2D eigenvalue weighted by atomic mass is 16.7. The Hall–Kier alpha value is -3.50. The number of methoxy groups -OCH3 is 1.